The van der Waals surface area contributed by atoms with Crippen LogP contribution in [0.5, 0.6) is 0 Å². The van der Waals surface area contributed by atoms with Crippen molar-refractivity contribution in [3.8, 4) is 0 Å². The van der Waals surface area contributed by atoms with E-state index in [-0.39, 0.29) is 5.97 Å². The van der Waals surface area contributed by atoms with Crippen LogP contribution in [-0.4, -0.2) is 43.6 Å². The van der Waals surface area contributed by atoms with Gasteiger partial charge in [-0.05, 0) is 48.4 Å². The first-order valence-electron chi connectivity index (χ1n) is 9.43. The summed E-state index contributed by atoms with van der Waals surface area (Å²) in [4.78, 5) is 15.8. The Morgan fingerprint density at radius 2 is 2.03 bits per heavy atom. The van der Waals surface area contributed by atoms with Crippen molar-refractivity contribution in [2.75, 3.05) is 13.7 Å². The van der Waals surface area contributed by atoms with Crippen molar-refractivity contribution in [3.05, 3.63) is 56.7 Å². The molecule has 1 unspecified atom stereocenters. The van der Waals surface area contributed by atoms with Crippen molar-refractivity contribution < 1.29 is 26.7 Å². The van der Waals surface area contributed by atoms with Gasteiger partial charge in [0, 0.05) is 23.0 Å². The molecule has 2 heterocycles. The monoisotopic (exact) mass is 475 g/mol. The highest BCUT2D eigenvalue weighted by atomic mass is 35.5. The minimum atomic E-state index is -4.24. The maximum absolute atomic E-state index is 12.3. The van der Waals surface area contributed by atoms with E-state index in [0.717, 1.165) is 25.1 Å². The molecule has 0 bridgehead atoms. The van der Waals surface area contributed by atoms with Gasteiger partial charge in [0.05, 0.1) is 13.2 Å². The first kappa shape index (κ1) is 24.8. The number of fused-ring (bicyclic) bond motifs is 1. The summed E-state index contributed by atoms with van der Waals surface area (Å²) < 4.78 is 37.1. The summed E-state index contributed by atoms with van der Waals surface area (Å²) in [5.41, 5.74) is 2.11. The van der Waals surface area contributed by atoms with Crippen LogP contribution in [0.3, 0.4) is 0 Å². The molecule has 0 fully saturated rings. The Morgan fingerprint density at radius 3 is 2.60 bits per heavy atom. The van der Waals surface area contributed by atoms with Gasteiger partial charge in [0.15, 0.2) is 0 Å². The Bertz CT molecular complexity index is 946. The van der Waals surface area contributed by atoms with Crippen LogP contribution in [0.2, 0.25) is 5.02 Å². The first-order valence-corrected chi connectivity index (χ1v) is 12.1. The summed E-state index contributed by atoms with van der Waals surface area (Å²) in [7, 11) is -2.81. The molecular formula is C20H26ClNO6S2. The largest absolute Gasteiger partial charge is 0.468 e. The average Bonchev–Trinajstić information content (AvgIpc) is 3.16. The Hall–Kier alpha value is -1.49. The molecule has 2 aromatic rings. The maximum Gasteiger partial charge on any atom is 0.397 e. The lowest BCUT2D eigenvalue weighted by atomic mass is 10.0. The lowest BCUT2D eigenvalue weighted by Gasteiger charge is -2.33. The average molecular weight is 476 g/mol. The van der Waals surface area contributed by atoms with Gasteiger partial charge in [0.1, 0.15) is 6.04 Å². The third-order valence-corrected chi connectivity index (χ3v) is 6.63. The zero-order valence-corrected chi connectivity index (χ0v) is 19.5. The zero-order valence-electron chi connectivity index (χ0n) is 17.1. The predicted octanol–water partition coefficient (Wildman–Crippen LogP) is 4.28. The van der Waals surface area contributed by atoms with Crippen LogP contribution in [0, 0.1) is 0 Å². The van der Waals surface area contributed by atoms with Crippen LogP contribution >= 0.6 is 22.9 Å². The van der Waals surface area contributed by atoms with Gasteiger partial charge in [-0.3, -0.25) is 9.45 Å². The summed E-state index contributed by atoms with van der Waals surface area (Å²) in [5, 5.41) is 2.71. The Labute approximate surface area is 186 Å². The van der Waals surface area contributed by atoms with E-state index in [0.29, 0.717) is 11.4 Å². The minimum Gasteiger partial charge on any atom is -0.468 e. The number of carbonyl (C=O) groups excluding carboxylic acids is 1. The van der Waals surface area contributed by atoms with E-state index < -0.39 is 22.5 Å². The Kier molecular flexibility index (Phi) is 9.27. The molecule has 1 aromatic carbocycles. The summed E-state index contributed by atoms with van der Waals surface area (Å²) >= 11 is 8.07. The van der Waals surface area contributed by atoms with Crippen LogP contribution in [0.4, 0.5) is 0 Å². The van der Waals surface area contributed by atoms with E-state index in [9.17, 15) is 13.2 Å². The molecule has 2 atom stereocenters. The summed E-state index contributed by atoms with van der Waals surface area (Å²) in [5.74, 6) is -0.262. The van der Waals surface area contributed by atoms with Gasteiger partial charge < -0.3 is 4.74 Å². The van der Waals surface area contributed by atoms with Gasteiger partial charge in [-0.1, -0.05) is 36.7 Å². The molecule has 0 spiro atoms. The van der Waals surface area contributed by atoms with E-state index in [1.54, 1.807) is 25.2 Å². The van der Waals surface area contributed by atoms with Crippen molar-refractivity contribution in [2.24, 2.45) is 0 Å². The fourth-order valence-electron chi connectivity index (χ4n) is 3.05. The maximum atomic E-state index is 12.3. The molecule has 166 valence electrons. The van der Waals surface area contributed by atoms with Gasteiger partial charge in [-0.25, -0.2) is 8.98 Å². The van der Waals surface area contributed by atoms with Crippen molar-refractivity contribution in [2.45, 2.75) is 45.4 Å². The number of hydrogen-bond donors (Lipinski definition) is 1. The second-order valence-corrected chi connectivity index (χ2v) is 9.24. The summed E-state index contributed by atoms with van der Waals surface area (Å²) in [6.07, 6.45) is 1.07. The molecule has 1 aromatic heterocycles. The van der Waals surface area contributed by atoms with E-state index >= 15 is 0 Å². The number of carbonyl (C=O) groups is 1. The van der Waals surface area contributed by atoms with Crippen LogP contribution in [0.25, 0.3) is 0 Å². The molecule has 0 amide bonds. The van der Waals surface area contributed by atoms with Gasteiger partial charge in [-0.2, -0.15) is 8.42 Å². The van der Waals surface area contributed by atoms with Gasteiger partial charge in [0.2, 0.25) is 0 Å². The number of halogens is 1. The lowest BCUT2D eigenvalue weighted by Crippen LogP contribution is -2.38. The lowest BCUT2D eigenvalue weighted by molar-refractivity contribution is -0.147. The smallest absolute Gasteiger partial charge is 0.397 e. The molecule has 1 aliphatic rings. The normalized spacial score (nSPS) is 16.0. The fourth-order valence-corrected chi connectivity index (χ4v) is 4.73. The van der Waals surface area contributed by atoms with Crippen LogP contribution in [0.1, 0.15) is 42.3 Å². The number of rotatable bonds is 6. The highest BCUT2D eigenvalue weighted by Gasteiger charge is 2.32. The molecule has 1 aliphatic heterocycles. The molecule has 10 heteroatoms. The van der Waals surface area contributed by atoms with E-state index in [4.69, 9.17) is 20.9 Å². The van der Waals surface area contributed by atoms with Crippen molar-refractivity contribution in [1.29, 1.82) is 0 Å². The molecule has 0 saturated heterocycles. The molecule has 3 rings (SSSR count). The number of esters is 1. The van der Waals surface area contributed by atoms with Gasteiger partial charge in [-0.15, -0.1) is 11.3 Å². The topological polar surface area (TPSA) is 93.1 Å². The third-order valence-electron chi connectivity index (χ3n) is 4.69. The van der Waals surface area contributed by atoms with Crippen LogP contribution in [-0.2, 0) is 37.1 Å². The fraction of sp³-hybridized carbons (Fsp3) is 0.450. The first-order chi connectivity index (χ1) is 14.2. The van der Waals surface area contributed by atoms with E-state index in [1.165, 1.54) is 17.6 Å². The number of nitrogens with zero attached hydrogens (tertiary/aromatic N) is 1. The second kappa shape index (κ2) is 11.2. The summed E-state index contributed by atoms with van der Waals surface area (Å²) in [6, 6.07) is 9.16. The molecule has 0 radical (unpaired) electrons. The quantitative estimate of drug-likeness (QED) is 0.492. The number of methoxy groups -OCH3 is 1. The van der Waals surface area contributed by atoms with Crippen LogP contribution < -0.4 is 0 Å². The van der Waals surface area contributed by atoms with Gasteiger partial charge >= 0.3 is 16.4 Å². The van der Waals surface area contributed by atoms with Crippen molar-refractivity contribution in [1.82, 2.24) is 4.90 Å². The van der Waals surface area contributed by atoms with Crippen molar-refractivity contribution >= 4 is 39.3 Å². The molecule has 30 heavy (non-hydrogen) atoms. The van der Waals surface area contributed by atoms with Gasteiger partial charge in [0.25, 0.3) is 0 Å². The molecule has 7 nitrogen and oxygen atoms in total. The van der Waals surface area contributed by atoms with E-state index in [1.807, 2.05) is 24.3 Å². The molecule has 0 saturated carbocycles. The molecule has 0 aliphatic carbocycles. The third kappa shape index (κ3) is 7.04. The number of benzene rings is 1. The highest BCUT2D eigenvalue weighted by molar-refractivity contribution is 7.80. The highest BCUT2D eigenvalue weighted by Crippen LogP contribution is 2.33. The SMILES string of the molecule is CCC(C)OS(=O)(=O)O.COC(=O)[C@H](c1ccccc1Cl)N1CCc2sccc2C1. The number of thiophene rings is 1. The Balaban J connectivity index is 0.000000303. The van der Waals surface area contributed by atoms with Crippen LogP contribution in [0.15, 0.2) is 35.7 Å². The predicted molar refractivity (Wildman–Crippen MR) is 117 cm³/mol. The molecule has 1 N–H and O–H groups in total. The zero-order chi connectivity index (χ0) is 22.3. The number of hydrogen-bond acceptors (Lipinski definition) is 7. The van der Waals surface area contributed by atoms with E-state index in [2.05, 4.69) is 20.5 Å². The second-order valence-electron chi connectivity index (χ2n) is 6.78. The molecular weight excluding hydrogens is 450 g/mol. The Morgan fingerprint density at radius 1 is 1.33 bits per heavy atom. The standard InChI is InChI=1S/C16H16ClNO2S.C4H10O4S/c1-20-16(19)15(12-4-2-3-5-13(12)17)18-8-6-14-11(10-18)7-9-21-14;1-3-4(2)8-9(5,6)7/h2-5,7,9,15H,6,8,10H2,1H3;4H,3H2,1-2H3,(H,5,6,7)/t15-;/m0./s1. The van der Waals surface area contributed by atoms with Crippen molar-refractivity contribution in [3.63, 3.8) is 0 Å². The number of ether oxygens (including phenoxy) is 1. The minimum absolute atomic E-state index is 0.262. The summed E-state index contributed by atoms with van der Waals surface area (Å²) in [6.45, 7) is 4.91.